The van der Waals surface area contributed by atoms with E-state index in [1.165, 1.54) is 6.26 Å². The summed E-state index contributed by atoms with van der Waals surface area (Å²) >= 11 is 0. The first-order chi connectivity index (χ1) is 14.6. The Bertz CT molecular complexity index is 1210. The van der Waals surface area contributed by atoms with E-state index < -0.39 is 9.84 Å². The summed E-state index contributed by atoms with van der Waals surface area (Å²) in [7, 11) is -1.52. The minimum Gasteiger partial charge on any atom is -0.335 e. The summed E-state index contributed by atoms with van der Waals surface area (Å²) in [5, 5.41) is 4.61. The van der Waals surface area contributed by atoms with Crippen LogP contribution >= 0.6 is 0 Å². The van der Waals surface area contributed by atoms with Crippen LogP contribution in [-0.4, -0.2) is 42.3 Å². The number of benzene rings is 2. The van der Waals surface area contributed by atoms with Gasteiger partial charge in [-0.3, -0.25) is 4.79 Å². The lowest BCUT2D eigenvalue weighted by Gasteiger charge is -2.24. The van der Waals surface area contributed by atoms with Gasteiger partial charge in [-0.05, 0) is 56.7 Å². The number of aryl methyl sites for hydroxylation is 1. The van der Waals surface area contributed by atoms with Crippen molar-refractivity contribution in [2.24, 2.45) is 0 Å². The van der Waals surface area contributed by atoms with Gasteiger partial charge in [0.25, 0.3) is 0 Å². The highest BCUT2D eigenvalue weighted by Crippen LogP contribution is 2.22. The fourth-order valence-corrected chi connectivity index (χ4v) is 4.03. The average molecular weight is 438 g/mol. The van der Waals surface area contributed by atoms with Crippen LogP contribution in [0.15, 0.2) is 65.6 Å². The van der Waals surface area contributed by atoms with Crippen LogP contribution in [0.5, 0.6) is 0 Å². The number of amides is 1. The van der Waals surface area contributed by atoms with Gasteiger partial charge < -0.3 is 4.90 Å². The Hall–Kier alpha value is -3.19. The van der Waals surface area contributed by atoms with Crippen LogP contribution in [0.4, 0.5) is 0 Å². The molecule has 0 aliphatic carbocycles. The van der Waals surface area contributed by atoms with Gasteiger partial charge in [-0.2, -0.15) is 5.10 Å². The summed E-state index contributed by atoms with van der Waals surface area (Å²) < 4.78 is 25.2. The zero-order chi connectivity index (χ0) is 22.8. The SMILES string of the molecule is Cc1nn(-c2ccccc2)c(C)c1/C=C/C(=O)N(C)C(C)c1ccc(S(C)(=O)=O)cc1. The van der Waals surface area contributed by atoms with Gasteiger partial charge >= 0.3 is 0 Å². The summed E-state index contributed by atoms with van der Waals surface area (Å²) in [4.78, 5) is 14.7. The summed E-state index contributed by atoms with van der Waals surface area (Å²) in [5.41, 5.74) is 4.55. The quantitative estimate of drug-likeness (QED) is 0.544. The molecule has 1 atom stereocenters. The molecule has 0 aliphatic rings. The lowest BCUT2D eigenvalue weighted by molar-refractivity contribution is -0.126. The van der Waals surface area contributed by atoms with Crippen LogP contribution < -0.4 is 0 Å². The third-order valence-corrected chi connectivity index (χ3v) is 6.59. The van der Waals surface area contributed by atoms with Crippen molar-refractivity contribution >= 4 is 21.8 Å². The number of sulfone groups is 1. The number of para-hydroxylation sites is 1. The number of nitrogens with zero attached hydrogens (tertiary/aromatic N) is 3. The predicted molar refractivity (Wildman–Crippen MR) is 123 cm³/mol. The molecule has 31 heavy (non-hydrogen) atoms. The van der Waals surface area contributed by atoms with Gasteiger partial charge in [0.2, 0.25) is 5.91 Å². The van der Waals surface area contributed by atoms with Gasteiger partial charge in [-0.25, -0.2) is 13.1 Å². The number of carbonyl (C=O) groups is 1. The molecule has 0 aliphatic heterocycles. The Kier molecular flexibility index (Phi) is 6.45. The van der Waals surface area contributed by atoms with E-state index in [1.807, 2.05) is 55.8 Å². The first-order valence-corrected chi connectivity index (χ1v) is 11.8. The molecule has 1 amide bonds. The maximum atomic E-state index is 12.8. The number of aromatic nitrogens is 2. The van der Waals surface area contributed by atoms with Crippen molar-refractivity contribution in [3.8, 4) is 5.69 Å². The van der Waals surface area contributed by atoms with Crippen molar-refractivity contribution in [2.45, 2.75) is 31.7 Å². The minimum absolute atomic E-state index is 0.147. The predicted octanol–water partition coefficient (Wildman–Crippen LogP) is 4.13. The molecule has 0 spiro atoms. The van der Waals surface area contributed by atoms with Gasteiger partial charge in [0, 0.05) is 30.6 Å². The van der Waals surface area contributed by atoms with Crippen molar-refractivity contribution in [2.75, 3.05) is 13.3 Å². The van der Waals surface area contributed by atoms with Gasteiger partial charge in [-0.1, -0.05) is 30.3 Å². The third kappa shape index (κ3) is 4.94. The van der Waals surface area contributed by atoms with E-state index >= 15 is 0 Å². The van der Waals surface area contributed by atoms with E-state index in [9.17, 15) is 13.2 Å². The van der Waals surface area contributed by atoms with Crippen molar-refractivity contribution in [3.63, 3.8) is 0 Å². The zero-order valence-corrected chi connectivity index (χ0v) is 19.2. The summed E-state index contributed by atoms with van der Waals surface area (Å²) in [5.74, 6) is -0.147. The average Bonchev–Trinajstić information content (AvgIpc) is 3.04. The van der Waals surface area contributed by atoms with Crippen molar-refractivity contribution < 1.29 is 13.2 Å². The van der Waals surface area contributed by atoms with Crippen LogP contribution in [0, 0.1) is 13.8 Å². The summed E-state index contributed by atoms with van der Waals surface area (Å²) in [6, 6.07) is 16.3. The molecule has 3 rings (SSSR count). The van der Waals surface area contributed by atoms with Crippen molar-refractivity contribution in [1.82, 2.24) is 14.7 Å². The molecular weight excluding hydrogens is 410 g/mol. The van der Waals surface area contributed by atoms with Gasteiger partial charge in [0.15, 0.2) is 9.84 Å². The first-order valence-electron chi connectivity index (χ1n) is 9.96. The van der Waals surface area contributed by atoms with Gasteiger partial charge in [0.05, 0.1) is 22.3 Å². The highest BCUT2D eigenvalue weighted by Gasteiger charge is 2.17. The van der Waals surface area contributed by atoms with Gasteiger partial charge in [-0.15, -0.1) is 0 Å². The van der Waals surface area contributed by atoms with Crippen molar-refractivity contribution in [3.05, 3.63) is 83.2 Å². The van der Waals surface area contributed by atoms with E-state index in [0.717, 1.165) is 28.2 Å². The summed E-state index contributed by atoms with van der Waals surface area (Å²) in [6.07, 6.45) is 4.53. The smallest absolute Gasteiger partial charge is 0.246 e. The third-order valence-electron chi connectivity index (χ3n) is 5.46. The second-order valence-corrected chi connectivity index (χ2v) is 9.65. The minimum atomic E-state index is -3.25. The van der Waals surface area contributed by atoms with Crippen LogP contribution in [0.1, 0.15) is 35.5 Å². The van der Waals surface area contributed by atoms with E-state index in [-0.39, 0.29) is 16.8 Å². The molecule has 0 radical (unpaired) electrons. The Labute approximate surface area is 183 Å². The molecule has 0 fully saturated rings. The Morgan fingerprint density at radius 3 is 2.26 bits per heavy atom. The molecule has 1 unspecified atom stereocenters. The largest absolute Gasteiger partial charge is 0.335 e. The molecule has 1 aromatic heterocycles. The second kappa shape index (κ2) is 8.89. The zero-order valence-electron chi connectivity index (χ0n) is 18.4. The van der Waals surface area contributed by atoms with Crippen LogP contribution in [-0.2, 0) is 14.6 Å². The lowest BCUT2D eigenvalue weighted by Crippen LogP contribution is -2.28. The molecule has 162 valence electrons. The molecule has 1 heterocycles. The number of rotatable bonds is 6. The maximum absolute atomic E-state index is 12.8. The van der Waals surface area contributed by atoms with E-state index in [0.29, 0.717) is 0 Å². The van der Waals surface area contributed by atoms with Crippen molar-refractivity contribution in [1.29, 1.82) is 0 Å². The molecule has 0 bridgehead atoms. The van der Waals surface area contributed by atoms with Gasteiger partial charge in [0.1, 0.15) is 0 Å². The normalized spacial score (nSPS) is 12.8. The number of carbonyl (C=O) groups excluding carboxylic acids is 1. The molecule has 7 heteroatoms. The molecular formula is C24H27N3O3S. The highest BCUT2D eigenvalue weighted by molar-refractivity contribution is 7.90. The lowest BCUT2D eigenvalue weighted by atomic mass is 10.1. The summed E-state index contributed by atoms with van der Waals surface area (Å²) in [6.45, 7) is 5.81. The molecule has 0 saturated heterocycles. The number of likely N-dealkylation sites (N-methyl/N-ethyl adjacent to an activating group) is 1. The fraction of sp³-hybridized carbons (Fsp3) is 0.250. The molecule has 3 aromatic rings. The monoisotopic (exact) mass is 437 g/mol. The highest BCUT2D eigenvalue weighted by atomic mass is 32.2. The number of hydrogen-bond donors (Lipinski definition) is 0. The maximum Gasteiger partial charge on any atom is 0.246 e. The first kappa shape index (κ1) is 22.5. The Balaban J connectivity index is 1.77. The van der Waals surface area contributed by atoms with Crippen LogP contribution in [0.3, 0.4) is 0 Å². The molecule has 0 saturated carbocycles. The topological polar surface area (TPSA) is 72.3 Å². The van der Waals surface area contributed by atoms with E-state index in [4.69, 9.17) is 0 Å². The fourth-order valence-electron chi connectivity index (χ4n) is 3.40. The Morgan fingerprint density at radius 1 is 1.06 bits per heavy atom. The Morgan fingerprint density at radius 2 is 1.68 bits per heavy atom. The standard InChI is InChI=1S/C24H27N3O3S/c1-17-23(19(3)27(25-17)21-9-7-6-8-10-21)15-16-24(28)26(4)18(2)20-11-13-22(14-12-20)31(5,29)30/h6-16,18H,1-5H3/b16-15+. The second-order valence-electron chi connectivity index (χ2n) is 7.63. The van der Waals surface area contributed by atoms with Crippen LogP contribution in [0.2, 0.25) is 0 Å². The molecule has 2 aromatic carbocycles. The van der Waals surface area contributed by atoms with E-state index in [2.05, 4.69) is 5.10 Å². The van der Waals surface area contributed by atoms with E-state index in [1.54, 1.807) is 48.4 Å². The molecule has 0 N–H and O–H groups in total. The molecule has 6 nitrogen and oxygen atoms in total. The number of hydrogen-bond acceptors (Lipinski definition) is 4. The van der Waals surface area contributed by atoms with Crippen LogP contribution in [0.25, 0.3) is 11.8 Å².